The van der Waals surface area contributed by atoms with Crippen LogP contribution in [0.4, 0.5) is 5.82 Å². The van der Waals surface area contributed by atoms with Crippen LogP contribution in [0.5, 0.6) is 0 Å². The summed E-state index contributed by atoms with van der Waals surface area (Å²) < 4.78 is 2.72. The zero-order chi connectivity index (χ0) is 11.0. The fraction of sp³-hybridized carbons (Fsp3) is 0.200. The highest BCUT2D eigenvalue weighted by Gasteiger charge is 2.08. The van der Waals surface area contributed by atoms with Crippen molar-refractivity contribution in [3.8, 4) is 0 Å². The molecule has 0 aromatic carbocycles. The van der Waals surface area contributed by atoms with Crippen molar-refractivity contribution >= 4 is 27.4 Å². The first-order valence-electron chi connectivity index (χ1n) is 4.50. The smallest absolute Gasteiger partial charge is 0.157 e. The van der Waals surface area contributed by atoms with Gasteiger partial charge in [-0.05, 0) is 29.8 Å². The van der Waals surface area contributed by atoms with Crippen molar-refractivity contribution < 1.29 is 0 Å². The van der Waals surface area contributed by atoms with Crippen molar-refractivity contribution in [2.75, 3.05) is 5.32 Å². The van der Waals surface area contributed by atoms with E-state index in [-0.39, 0.29) is 0 Å². The lowest BCUT2D eigenvalue weighted by Gasteiger charge is -2.05. The molecule has 0 radical (unpaired) electrons. The van der Waals surface area contributed by atoms with Gasteiger partial charge in [0.15, 0.2) is 5.65 Å². The van der Waals surface area contributed by atoms with E-state index in [4.69, 9.17) is 0 Å². The van der Waals surface area contributed by atoms with Gasteiger partial charge in [-0.25, -0.2) is 9.97 Å². The van der Waals surface area contributed by atoms with Gasteiger partial charge in [-0.1, -0.05) is 6.58 Å². The second-order valence-corrected chi connectivity index (χ2v) is 4.20. The van der Waals surface area contributed by atoms with Crippen LogP contribution in [0, 0.1) is 6.92 Å². The molecular formula is C10H11BrN4. The standard InChI is InChI=1S/C10H11BrN4/c1-6(2)13-10-7(3)14-9-4-12-8(11)5-15(9)10/h4-5,13H,1H2,2-3H3. The summed E-state index contributed by atoms with van der Waals surface area (Å²) in [6.45, 7) is 7.68. The summed E-state index contributed by atoms with van der Waals surface area (Å²) in [5, 5.41) is 3.18. The van der Waals surface area contributed by atoms with Crippen LogP contribution in [0.1, 0.15) is 12.6 Å². The number of halogens is 1. The molecule has 2 rings (SSSR count). The van der Waals surface area contributed by atoms with E-state index < -0.39 is 0 Å². The number of aromatic nitrogens is 3. The number of nitrogens with zero attached hydrogens (tertiary/aromatic N) is 3. The van der Waals surface area contributed by atoms with E-state index in [1.807, 2.05) is 24.4 Å². The highest BCUT2D eigenvalue weighted by atomic mass is 79.9. The zero-order valence-electron chi connectivity index (χ0n) is 8.58. The lowest BCUT2D eigenvalue weighted by atomic mass is 10.4. The molecule has 2 heterocycles. The molecule has 0 saturated carbocycles. The van der Waals surface area contributed by atoms with Crippen LogP contribution in [-0.2, 0) is 0 Å². The molecule has 2 aromatic heterocycles. The molecule has 0 aliphatic rings. The maximum absolute atomic E-state index is 4.38. The lowest BCUT2D eigenvalue weighted by Crippen LogP contribution is -1.99. The van der Waals surface area contributed by atoms with Crippen molar-refractivity contribution in [1.29, 1.82) is 0 Å². The maximum atomic E-state index is 4.38. The van der Waals surface area contributed by atoms with Gasteiger partial charge in [-0.15, -0.1) is 0 Å². The Balaban J connectivity index is 2.65. The predicted molar refractivity (Wildman–Crippen MR) is 63.9 cm³/mol. The first-order chi connectivity index (χ1) is 7.08. The molecule has 0 aliphatic heterocycles. The van der Waals surface area contributed by atoms with Crippen molar-refractivity contribution in [2.24, 2.45) is 0 Å². The third-order valence-electron chi connectivity index (χ3n) is 1.98. The largest absolute Gasteiger partial charge is 0.344 e. The van der Waals surface area contributed by atoms with Crippen LogP contribution in [0.25, 0.3) is 5.65 Å². The Morgan fingerprint density at radius 2 is 2.33 bits per heavy atom. The Morgan fingerprint density at radius 3 is 3.00 bits per heavy atom. The number of imidazole rings is 1. The lowest BCUT2D eigenvalue weighted by molar-refractivity contribution is 1.10. The van der Waals surface area contributed by atoms with Gasteiger partial charge >= 0.3 is 0 Å². The van der Waals surface area contributed by atoms with E-state index >= 15 is 0 Å². The Hall–Kier alpha value is -1.36. The molecule has 5 heteroatoms. The van der Waals surface area contributed by atoms with Crippen molar-refractivity contribution in [2.45, 2.75) is 13.8 Å². The summed E-state index contributed by atoms with van der Waals surface area (Å²) in [4.78, 5) is 8.51. The molecule has 15 heavy (non-hydrogen) atoms. The van der Waals surface area contributed by atoms with Crippen molar-refractivity contribution in [3.05, 3.63) is 35.0 Å². The molecule has 1 N–H and O–H groups in total. The van der Waals surface area contributed by atoms with Gasteiger partial charge in [0.2, 0.25) is 0 Å². The van der Waals surface area contributed by atoms with Gasteiger partial charge in [0.1, 0.15) is 10.4 Å². The van der Waals surface area contributed by atoms with E-state index in [0.29, 0.717) is 0 Å². The third-order valence-corrected chi connectivity index (χ3v) is 2.39. The quantitative estimate of drug-likeness (QED) is 0.909. The molecule has 0 fully saturated rings. The minimum atomic E-state index is 0.775. The van der Waals surface area contributed by atoms with Gasteiger partial charge in [-0.3, -0.25) is 4.40 Å². The van der Waals surface area contributed by atoms with Crippen LogP contribution in [-0.4, -0.2) is 14.4 Å². The zero-order valence-corrected chi connectivity index (χ0v) is 10.2. The maximum Gasteiger partial charge on any atom is 0.157 e. The Morgan fingerprint density at radius 1 is 1.60 bits per heavy atom. The summed E-state index contributed by atoms with van der Waals surface area (Å²) in [5.74, 6) is 0.931. The average Bonchev–Trinajstić information content (AvgIpc) is 2.43. The molecule has 0 atom stereocenters. The number of aryl methyl sites for hydroxylation is 1. The number of hydrogen-bond acceptors (Lipinski definition) is 3. The number of anilines is 1. The van der Waals surface area contributed by atoms with Gasteiger partial charge in [-0.2, -0.15) is 0 Å². The Kier molecular flexibility index (Phi) is 2.48. The Bertz CT molecular complexity index is 529. The summed E-state index contributed by atoms with van der Waals surface area (Å²) in [6, 6.07) is 0. The van der Waals surface area contributed by atoms with Gasteiger partial charge < -0.3 is 5.32 Å². The van der Waals surface area contributed by atoms with Crippen LogP contribution < -0.4 is 5.32 Å². The number of allylic oxidation sites excluding steroid dienone is 1. The van der Waals surface area contributed by atoms with Crippen molar-refractivity contribution in [3.63, 3.8) is 0 Å². The predicted octanol–water partition coefficient (Wildman–Crippen LogP) is 2.75. The molecule has 0 spiro atoms. The van der Waals surface area contributed by atoms with E-state index in [2.05, 4.69) is 37.8 Å². The van der Waals surface area contributed by atoms with E-state index in [1.54, 1.807) is 6.20 Å². The van der Waals surface area contributed by atoms with Crippen LogP contribution in [0.15, 0.2) is 29.3 Å². The number of rotatable bonds is 2. The van der Waals surface area contributed by atoms with Crippen molar-refractivity contribution in [1.82, 2.24) is 14.4 Å². The fourth-order valence-electron chi connectivity index (χ4n) is 1.40. The summed E-state index contributed by atoms with van der Waals surface area (Å²) in [6.07, 6.45) is 3.60. The SMILES string of the molecule is C=C(C)Nc1c(C)nc2cnc(Br)cn12. The minimum absolute atomic E-state index is 0.775. The van der Waals surface area contributed by atoms with E-state index in [9.17, 15) is 0 Å². The first-order valence-corrected chi connectivity index (χ1v) is 5.30. The monoisotopic (exact) mass is 266 g/mol. The summed E-state index contributed by atoms with van der Waals surface area (Å²) >= 11 is 3.33. The molecule has 2 aromatic rings. The normalized spacial score (nSPS) is 10.6. The average molecular weight is 267 g/mol. The van der Waals surface area contributed by atoms with Crippen LogP contribution in [0.3, 0.4) is 0 Å². The minimum Gasteiger partial charge on any atom is -0.344 e. The summed E-state index contributed by atoms with van der Waals surface area (Å²) in [5.41, 5.74) is 2.63. The molecule has 4 nitrogen and oxygen atoms in total. The highest BCUT2D eigenvalue weighted by molar-refractivity contribution is 9.10. The second kappa shape index (κ2) is 3.66. The first kappa shape index (κ1) is 10.2. The number of fused-ring (bicyclic) bond motifs is 1. The third kappa shape index (κ3) is 1.87. The van der Waals surface area contributed by atoms with Crippen LogP contribution >= 0.6 is 15.9 Å². The van der Waals surface area contributed by atoms with Gasteiger partial charge in [0, 0.05) is 11.9 Å². The second-order valence-electron chi connectivity index (χ2n) is 3.39. The number of hydrogen-bond donors (Lipinski definition) is 1. The molecule has 0 saturated heterocycles. The Labute approximate surface area is 96.2 Å². The van der Waals surface area contributed by atoms with Crippen LogP contribution in [0.2, 0.25) is 0 Å². The molecule has 0 aliphatic carbocycles. The van der Waals surface area contributed by atoms with Gasteiger partial charge in [0.25, 0.3) is 0 Å². The summed E-state index contributed by atoms with van der Waals surface area (Å²) in [7, 11) is 0. The van der Waals surface area contributed by atoms with E-state index in [1.165, 1.54) is 0 Å². The molecule has 0 amide bonds. The highest BCUT2D eigenvalue weighted by Crippen LogP contribution is 2.19. The molecular weight excluding hydrogens is 256 g/mol. The molecule has 0 unspecified atom stereocenters. The fourth-order valence-corrected chi connectivity index (χ4v) is 1.71. The topological polar surface area (TPSA) is 42.2 Å². The molecule has 78 valence electrons. The molecule has 0 bridgehead atoms. The number of nitrogens with one attached hydrogen (secondary N) is 1. The van der Waals surface area contributed by atoms with E-state index in [0.717, 1.165) is 27.5 Å². The van der Waals surface area contributed by atoms with Gasteiger partial charge in [0.05, 0.1) is 11.9 Å².